The van der Waals surface area contributed by atoms with Gasteiger partial charge >= 0.3 is 0 Å². The molecule has 0 radical (unpaired) electrons. The minimum Gasteiger partial charge on any atom is -0.331 e. The fourth-order valence-corrected chi connectivity index (χ4v) is 3.41. The lowest BCUT2D eigenvalue weighted by molar-refractivity contribution is 0.601. The van der Waals surface area contributed by atoms with Crippen molar-refractivity contribution in [1.29, 1.82) is 0 Å². The van der Waals surface area contributed by atoms with Gasteiger partial charge in [0.25, 0.3) is 10.0 Å². The summed E-state index contributed by atoms with van der Waals surface area (Å²) in [6.07, 6.45) is 2.63. The smallest absolute Gasteiger partial charge is 0.263 e. The van der Waals surface area contributed by atoms with Crippen LogP contribution in [0.4, 0.5) is 5.69 Å². The number of rotatable bonds is 3. The number of aromatic nitrogens is 3. The zero-order chi connectivity index (χ0) is 15.9. The van der Waals surface area contributed by atoms with Crippen LogP contribution < -0.4 is 4.72 Å². The average Bonchev–Trinajstić information content (AvgIpc) is 2.73. The second-order valence-corrected chi connectivity index (χ2v) is 6.98. The molecule has 2 heterocycles. The molecule has 1 N–H and O–H groups in total. The molecule has 0 fully saturated rings. The first-order chi connectivity index (χ1) is 10.4. The Morgan fingerprint density at radius 1 is 1.23 bits per heavy atom. The Hall–Kier alpha value is -2.12. The van der Waals surface area contributed by atoms with Crippen molar-refractivity contribution in [1.82, 2.24) is 14.5 Å². The van der Waals surface area contributed by atoms with Gasteiger partial charge in [-0.25, -0.2) is 13.4 Å². The molecule has 3 rings (SSSR count). The summed E-state index contributed by atoms with van der Waals surface area (Å²) < 4.78 is 29.1. The molecule has 6 nitrogen and oxygen atoms in total. The van der Waals surface area contributed by atoms with Gasteiger partial charge in [0.2, 0.25) is 0 Å². The van der Waals surface area contributed by atoms with Crippen LogP contribution in [0.15, 0.2) is 41.6 Å². The van der Waals surface area contributed by atoms with Crippen molar-refractivity contribution in [2.45, 2.75) is 11.8 Å². The maximum atomic E-state index is 12.3. The monoisotopic (exact) mass is 336 g/mol. The highest BCUT2D eigenvalue weighted by Crippen LogP contribution is 2.22. The number of imidazole rings is 1. The minimum absolute atomic E-state index is 0.0114. The third kappa shape index (κ3) is 2.65. The molecule has 0 aliphatic heterocycles. The van der Waals surface area contributed by atoms with Crippen molar-refractivity contribution in [3.63, 3.8) is 0 Å². The van der Waals surface area contributed by atoms with Gasteiger partial charge in [0.05, 0.1) is 21.7 Å². The molecule has 0 bridgehead atoms. The number of halogens is 1. The molecule has 1 aromatic carbocycles. The van der Waals surface area contributed by atoms with Crippen LogP contribution in [-0.4, -0.2) is 23.0 Å². The first-order valence-electron chi connectivity index (χ1n) is 6.43. The average molecular weight is 337 g/mol. The molecule has 0 aliphatic carbocycles. The van der Waals surface area contributed by atoms with E-state index in [1.165, 1.54) is 18.5 Å². The van der Waals surface area contributed by atoms with E-state index in [9.17, 15) is 8.42 Å². The minimum atomic E-state index is -3.74. The summed E-state index contributed by atoms with van der Waals surface area (Å²) in [6.45, 7) is 1.89. The Balaban J connectivity index is 1.98. The molecular formula is C14H13ClN4O2S. The second kappa shape index (κ2) is 5.26. The lowest BCUT2D eigenvalue weighted by atomic mass is 10.3. The van der Waals surface area contributed by atoms with Gasteiger partial charge < -0.3 is 4.57 Å². The van der Waals surface area contributed by atoms with E-state index in [0.29, 0.717) is 5.69 Å². The zero-order valence-electron chi connectivity index (χ0n) is 11.9. The van der Waals surface area contributed by atoms with E-state index in [4.69, 9.17) is 11.6 Å². The molecule has 114 valence electrons. The quantitative estimate of drug-likeness (QED) is 0.797. The summed E-state index contributed by atoms with van der Waals surface area (Å²) in [6, 6.07) is 6.56. The predicted molar refractivity (Wildman–Crippen MR) is 85.5 cm³/mol. The van der Waals surface area contributed by atoms with Crippen molar-refractivity contribution in [3.05, 3.63) is 47.5 Å². The molecule has 0 saturated heterocycles. The van der Waals surface area contributed by atoms with Crippen molar-refractivity contribution in [2.75, 3.05) is 4.72 Å². The van der Waals surface area contributed by atoms with Gasteiger partial charge in [0.1, 0.15) is 10.7 Å². The number of sulfonamides is 1. The van der Waals surface area contributed by atoms with Gasteiger partial charge in [0, 0.05) is 19.4 Å². The molecule has 0 saturated carbocycles. The highest BCUT2D eigenvalue weighted by atomic mass is 35.5. The fourth-order valence-electron chi connectivity index (χ4n) is 2.14. The summed E-state index contributed by atoms with van der Waals surface area (Å²) in [5.41, 5.74) is 2.10. The van der Waals surface area contributed by atoms with Crippen molar-refractivity contribution in [3.8, 4) is 0 Å². The zero-order valence-corrected chi connectivity index (χ0v) is 13.5. The van der Waals surface area contributed by atoms with Gasteiger partial charge in [-0.2, -0.15) is 0 Å². The van der Waals surface area contributed by atoms with Crippen LogP contribution in [0.1, 0.15) is 5.82 Å². The summed E-state index contributed by atoms with van der Waals surface area (Å²) in [4.78, 5) is 8.19. The number of aryl methyl sites for hydroxylation is 2. The van der Waals surface area contributed by atoms with E-state index in [1.54, 1.807) is 12.1 Å². The number of fused-ring (bicyclic) bond motifs is 1. The molecule has 8 heteroatoms. The number of nitrogens with zero attached hydrogens (tertiary/aromatic N) is 3. The van der Waals surface area contributed by atoms with Crippen LogP contribution in [0, 0.1) is 6.92 Å². The summed E-state index contributed by atoms with van der Waals surface area (Å²) >= 11 is 5.78. The van der Waals surface area contributed by atoms with Gasteiger partial charge in [0.15, 0.2) is 0 Å². The number of hydrogen-bond acceptors (Lipinski definition) is 4. The van der Waals surface area contributed by atoms with Crippen LogP contribution in [0.5, 0.6) is 0 Å². The number of benzene rings is 1. The molecule has 22 heavy (non-hydrogen) atoms. The normalized spacial score (nSPS) is 11.8. The fraction of sp³-hybridized carbons (Fsp3) is 0.143. The molecule has 0 spiro atoms. The van der Waals surface area contributed by atoms with Crippen molar-refractivity contribution >= 4 is 38.3 Å². The Morgan fingerprint density at radius 2 is 2.00 bits per heavy atom. The molecule has 0 unspecified atom stereocenters. The Bertz CT molecular complexity index is 966. The van der Waals surface area contributed by atoms with Crippen molar-refractivity contribution in [2.24, 2.45) is 7.05 Å². The maximum Gasteiger partial charge on any atom is 0.263 e. The molecule has 2 aromatic heterocycles. The number of hydrogen-bond donors (Lipinski definition) is 1. The van der Waals surface area contributed by atoms with E-state index in [2.05, 4.69) is 14.7 Å². The Labute approximate surface area is 132 Å². The second-order valence-electron chi connectivity index (χ2n) is 4.87. The van der Waals surface area contributed by atoms with Crippen LogP contribution in [0.2, 0.25) is 5.02 Å². The maximum absolute atomic E-state index is 12.3. The van der Waals surface area contributed by atoms with E-state index >= 15 is 0 Å². The van der Waals surface area contributed by atoms with Gasteiger partial charge in [-0.05, 0) is 31.2 Å². The molecule has 3 aromatic rings. The van der Waals surface area contributed by atoms with Crippen LogP contribution in [-0.2, 0) is 17.1 Å². The molecular weight excluding hydrogens is 324 g/mol. The summed E-state index contributed by atoms with van der Waals surface area (Å²) in [7, 11) is -1.83. The summed E-state index contributed by atoms with van der Waals surface area (Å²) in [5, 5.41) is 0.263. The first kappa shape index (κ1) is 14.8. The van der Waals surface area contributed by atoms with E-state index in [1.807, 2.05) is 24.6 Å². The largest absolute Gasteiger partial charge is 0.331 e. The standard InChI is InChI=1S/C14H13ClN4O2S/c1-9-17-13-6-11(3-4-14(13)19(9)2)18-22(20,21)12-5-10(15)7-16-8-12/h3-8,18H,1-2H3. The van der Waals surface area contributed by atoms with E-state index < -0.39 is 10.0 Å². The van der Waals surface area contributed by atoms with E-state index in [0.717, 1.165) is 16.9 Å². The number of anilines is 1. The van der Waals surface area contributed by atoms with Crippen LogP contribution >= 0.6 is 11.6 Å². The van der Waals surface area contributed by atoms with Gasteiger partial charge in [-0.3, -0.25) is 9.71 Å². The lowest BCUT2D eigenvalue weighted by Gasteiger charge is -2.08. The molecule has 0 atom stereocenters. The first-order valence-corrected chi connectivity index (χ1v) is 8.29. The Morgan fingerprint density at radius 3 is 2.73 bits per heavy atom. The SMILES string of the molecule is Cc1nc2cc(NS(=O)(=O)c3cncc(Cl)c3)ccc2n1C. The third-order valence-corrected chi connectivity index (χ3v) is 4.90. The summed E-state index contributed by atoms with van der Waals surface area (Å²) in [5.74, 6) is 0.856. The Kier molecular flexibility index (Phi) is 3.54. The van der Waals surface area contributed by atoms with Crippen LogP contribution in [0.3, 0.4) is 0 Å². The van der Waals surface area contributed by atoms with E-state index in [-0.39, 0.29) is 9.92 Å². The van der Waals surface area contributed by atoms with Gasteiger partial charge in [-0.15, -0.1) is 0 Å². The number of pyridine rings is 1. The number of nitrogens with one attached hydrogen (secondary N) is 1. The highest BCUT2D eigenvalue weighted by Gasteiger charge is 2.16. The highest BCUT2D eigenvalue weighted by molar-refractivity contribution is 7.92. The van der Waals surface area contributed by atoms with Crippen molar-refractivity contribution < 1.29 is 8.42 Å². The third-order valence-electron chi connectivity index (χ3n) is 3.35. The lowest BCUT2D eigenvalue weighted by Crippen LogP contribution is -2.13. The van der Waals surface area contributed by atoms with Gasteiger partial charge in [-0.1, -0.05) is 11.6 Å². The topological polar surface area (TPSA) is 76.9 Å². The predicted octanol–water partition coefficient (Wildman–Crippen LogP) is 2.73. The van der Waals surface area contributed by atoms with Crippen LogP contribution in [0.25, 0.3) is 11.0 Å². The molecule has 0 amide bonds. The molecule has 0 aliphatic rings.